The predicted octanol–water partition coefficient (Wildman–Crippen LogP) is 2.63. The molecule has 4 rings (SSSR count). The quantitative estimate of drug-likeness (QED) is 0.811. The normalized spacial score (nSPS) is 17.3. The topological polar surface area (TPSA) is 52.6 Å². The van der Waals surface area contributed by atoms with Gasteiger partial charge in [-0.05, 0) is 31.9 Å². The number of piperazine rings is 1. The van der Waals surface area contributed by atoms with Gasteiger partial charge in [-0.15, -0.1) is 0 Å². The lowest BCUT2D eigenvalue weighted by Crippen LogP contribution is -2.49. The number of nitrogens with zero attached hydrogens (tertiary/aromatic N) is 5. The van der Waals surface area contributed by atoms with Crippen molar-refractivity contribution in [1.82, 2.24) is 14.9 Å². The van der Waals surface area contributed by atoms with Crippen molar-refractivity contribution in [2.75, 3.05) is 49.1 Å². The van der Waals surface area contributed by atoms with Gasteiger partial charge in [-0.1, -0.05) is 0 Å². The molecule has 0 N–H and O–H groups in total. The number of amides is 1. The summed E-state index contributed by atoms with van der Waals surface area (Å²) in [6, 6.07) is 5.01. The van der Waals surface area contributed by atoms with Gasteiger partial charge in [0.1, 0.15) is 17.5 Å². The average molecular weight is 387 g/mol. The van der Waals surface area contributed by atoms with E-state index in [0.29, 0.717) is 26.2 Å². The highest BCUT2D eigenvalue weighted by atomic mass is 19.1. The first kappa shape index (κ1) is 18.6. The fraction of sp³-hybridized carbons (Fsp3) is 0.450. The summed E-state index contributed by atoms with van der Waals surface area (Å²) < 4.78 is 27.0. The predicted molar refractivity (Wildman–Crippen MR) is 103 cm³/mol. The molecular weight excluding hydrogens is 364 g/mol. The molecule has 0 radical (unpaired) electrons. The highest BCUT2D eigenvalue weighted by molar-refractivity contribution is 5.94. The van der Waals surface area contributed by atoms with Crippen molar-refractivity contribution in [1.29, 1.82) is 0 Å². The molecule has 2 aromatic rings. The number of carbonyl (C=O) groups is 1. The van der Waals surface area contributed by atoms with Crippen molar-refractivity contribution in [3.8, 4) is 0 Å². The molecule has 148 valence electrons. The van der Waals surface area contributed by atoms with Crippen LogP contribution in [0.25, 0.3) is 0 Å². The first-order valence-corrected chi connectivity index (χ1v) is 9.61. The number of rotatable bonds is 3. The Labute approximate surface area is 162 Å². The molecule has 0 spiro atoms. The third-order valence-electron chi connectivity index (χ3n) is 5.27. The summed E-state index contributed by atoms with van der Waals surface area (Å²) in [7, 11) is 0. The summed E-state index contributed by atoms with van der Waals surface area (Å²) >= 11 is 0. The largest absolute Gasteiger partial charge is 0.353 e. The lowest BCUT2D eigenvalue weighted by molar-refractivity contribution is 0.0741. The summed E-state index contributed by atoms with van der Waals surface area (Å²) in [4.78, 5) is 27.8. The van der Waals surface area contributed by atoms with Crippen molar-refractivity contribution in [2.45, 2.75) is 19.8 Å². The van der Waals surface area contributed by atoms with E-state index in [9.17, 15) is 13.6 Å². The van der Waals surface area contributed by atoms with Crippen LogP contribution in [0.3, 0.4) is 0 Å². The fourth-order valence-electron chi connectivity index (χ4n) is 3.73. The van der Waals surface area contributed by atoms with E-state index in [2.05, 4.69) is 14.8 Å². The summed E-state index contributed by atoms with van der Waals surface area (Å²) in [5, 5.41) is 0. The van der Waals surface area contributed by atoms with Crippen molar-refractivity contribution in [3.05, 3.63) is 47.2 Å². The number of benzene rings is 1. The highest BCUT2D eigenvalue weighted by Gasteiger charge is 2.26. The van der Waals surface area contributed by atoms with Gasteiger partial charge in [0.2, 0.25) is 5.95 Å². The molecule has 0 bridgehead atoms. The van der Waals surface area contributed by atoms with Crippen molar-refractivity contribution in [3.63, 3.8) is 0 Å². The van der Waals surface area contributed by atoms with E-state index in [0.717, 1.165) is 55.5 Å². The molecule has 0 unspecified atom stereocenters. The Morgan fingerprint density at radius 1 is 0.929 bits per heavy atom. The molecule has 1 aromatic heterocycles. The van der Waals surface area contributed by atoms with Crippen LogP contribution in [-0.4, -0.2) is 60.0 Å². The number of hydrogen-bond donors (Lipinski definition) is 0. The number of hydrogen-bond acceptors (Lipinski definition) is 5. The lowest BCUT2D eigenvalue weighted by atomic mass is 10.1. The van der Waals surface area contributed by atoms with Gasteiger partial charge in [0.05, 0.1) is 5.56 Å². The molecule has 2 aliphatic heterocycles. The van der Waals surface area contributed by atoms with E-state index in [-0.39, 0.29) is 5.56 Å². The maximum absolute atomic E-state index is 13.9. The van der Waals surface area contributed by atoms with E-state index < -0.39 is 17.5 Å². The molecule has 0 saturated carbocycles. The van der Waals surface area contributed by atoms with Crippen LogP contribution >= 0.6 is 0 Å². The molecular formula is C20H23F2N5O. The number of aromatic nitrogens is 2. The lowest BCUT2D eigenvalue weighted by Gasteiger charge is -2.35. The molecule has 6 nitrogen and oxygen atoms in total. The van der Waals surface area contributed by atoms with Gasteiger partial charge in [0.15, 0.2) is 0 Å². The van der Waals surface area contributed by atoms with Crippen LogP contribution in [-0.2, 0) is 0 Å². The first-order valence-electron chi connectivity index (χ1n) is 9.61. The molecule has 0 aliphatic carbocycles. The van der Waals surface area contributed by atoms with Crippen LogP contribution in [0, 0.1) is 18.6 Å². The molecule has 2 saturated heterocycles. The summed E-state index contributed by atoms with van der Waals surface area (Å²) in [6.45, 7) is 6.04. The van der Waals surface area contributed by atoms with E-state index in [1.54, 1.807) is 4.90 Å². The zero-order valence-corrected chi connectivity index (χ0v) is 15.9. The first-order chi connectivity index (χ1) is 13.5. The van der Waals surface area contributed by atoms with Gasteiger partial charge in [-0.3, -0.25) is 4.79 Å². The van der Waals surface area contributed by atoms with Crippen LogP contribution in [0.2, 0.25) is 0 Å². The third-order valence-corrected chi connectivity index (χ3v) is 5.27. The van der Waals surface area contributed by atoms with Crippen LogP contribution in [0.4, 0.5) is 20.5 Å². The standard InChI is InChI=1S/C20H23F2N5O/c1-14-12-18(24-20(23-14)27-6-2-3-7-27)25-8-10-26(11-9-25)19(28)16-5-4-15(21)13-17(16)22/h4-5,12-13H,2-3,6-11H2,1H3. The van der Waals surface area contributed by atoms with Gasteiger partial charge in [-0.25, -0.2) is 13.8 Å². The molecule has 1 amide bonds. The number of anilines is 2. The van der Waals surface area contributed by atoms with Crippen LogP contribution in [0.5, 0.6) is 0 Å². The minimum atomic E-state index is -0.825. The number of halogens is 2. The summed E-state index contributed by atoms with van der Waals surface area (Å²) in [5.41, 5.74) is 0.822. The minimum absolute atomic E-state index is 0.0935. The summed E-state index contributed by atoms with van der Waals surface area (Å²) in [5.74, 6) is -0.302. The SMILES string of the molecule is Cc1cc(N2CCN(C(=O)c3ccc(F)cc3F)CC2)nc(N2CCCC2)n1. The monoisotopic (exact) mass is 387 g/mol. The zero-order valence-electron chi connectivity index (χ0n) is 15.9. The van der Waals surface area contributed by atoms with Crippen LogP contribution in [0.15, 0.2) is 24.3 Å². The van der Waals surface area contributed by atoms with E-state index >= 15 is 0 Å². The second kappa shape index (κ2) is 7.69. The van der Waals surface area contributed by atoms with E-state index in [1.807, 2.05) is 13.0 Å². The molecule has 2 fully saturated rings. The summed E-state index contributed by atoms with van der Waals surface area (Å²) in [6.07, 6.45) is 2.32. The highest BCUT2D eigenvalue weighted by Crippen LogP contribution is 2.22. The second-order valence-electron chi connectivity index (χ2n) is 7.27. The second-order valence-corrected chi connectivity index (χ2v) is 7.27. The number of aryl methyl sites for hydroxylation is 1. The molecule has 1 aromatic carbocycles. The van der Waals surface area contributed by atoms with Crippen molar-refractivity contribution >= 4 is 17.7 Å². The van der Waals surface area contributed by atoms with Crippen molar-refractivity contribution in [2.24, 2.45) is 0 Å². The fourth-order valence-corrected chi connectivity index (χ4v) is 3.73. The Balaban J connectivity index is 1.44. The van der Waals surface area contributed by atoms with E-state index in [1.165, 1.54) is 6.07 Å². The zero-order chi connectivity index (χ0) is 19.7. The molecule has 8 heteroatoms. The molecule has 2 aliphatic rings. The van der Waals surface area contributed by atoms with Gasteiger partial charge in [0, 0.05) is 57.1 Å². The Hall–Kier alpha value is -2.77. The average Bonchev–Trinajstić information content (AvgIpc) is 3.22. The van der Waals surface area contributed by atoms with Crippen molar-refractivity contribution < 1.29 is 13.6 Å². The molecule has 28 heavy (non-hydrogen) atoms. The van der Waals surface area contributed by atoms with Crippen LogP contribution < -0.4 is 9.80 Å². The maximum Gasteiger partial charge on any atom is 0.256 e. The van der Waals surface area contributed by atoms with Gasteiger partial charge in [0.25, 0.3) is 5.91 Å². The number of carbonyl (C=O) groups excluding carboxylic acids is 1. The Morgan fingerprint density at radius 3 is 2.32 bits per heavy atom. The smallest absolute Gasteiger partial charge is 0.256 e. The minimum Gasteiger partial charge on any atom is -0.353 e. The maximum atomic E-state index is 13.9. The van der Waals surface area contributed by atoms with Gasteiger partial charge >= 0.3 is 0 Å². The van der Waals surface area contributed by atoms with E-state index in [4.69, 9.17) is 4.98 Å². The van der Waals surface area contributed by atoms with Gasteiger partial charge < -0.3 is 14.7 Å². The third kappa shape index (κ3) is 3.76. The Kier molecular flexibility index (Phi) is 5.11. The molecule has 0 atom stereocenters. The Morgan fingerprint density at radius 2 is 1.64 bits per heavy atom. The van der Waals surface area contributed by atoms with Crippen LogP contribution in [0.1, 0.15) is 28.9 Å². The van der Waals surface area contributed by atoms with Gasteiger partial charge in [-0.2, -0.15) is 4.98 Å². The Bertz CT molecular complexity index is 877. The molecule has 3 heterocycles.